The predicted octanol–water partition coefficient (Wildman–Crippen LogP) is 1.95. The maximum absolute atomic E-state index is 12.8. The van der Waals surface area contributed by atoms with E-state index in [9.17, 15) is 8.42 Å². The normalized spacial score (nSPS) is 12.3. The summed E-state index contributed by atoms with van der Waals surface area (Å²) in [5, 5.41) is 0. The van der Waals surface area contributed by atoms with E-state index in [-0.39, 0.29) is 10.9 Å². The van der Waals surface area contributed by atoms with Gasteiger partial charge in [0.1, 0.15) is 0 Å². The zero-order chi connectivity index (χ0) is 15.3. The number of sulfonamides is 1. The van der Waals surface area contributed by atoms with Gasteiger partial charge < -0.3 is 10.5 Å². The van der Waals surface area contributed by atoms with Crippen LogP contribution >= 0.6 is 15.9 Å². The van der Waals surface area contributed by atoms with Crippen molar-refractivity contribution in [1.82, 2.24) is 4.31 Å². The summed E-state index contributed by atoms with van der Waals surface area (Å²) in [6, 6.07) is 4.98. The number of rotatable bonds is 7. The summed E-state index contributed by atoms with van der Waals surface area (Å²) < 4.78 is 32.5. The molecule has 0 aliphatic rings. The first-order valence-electron chi connectivity index (χ1n) is 6.33. The van der Waals surface area contributed by atoms with Gasteiger partial charge in [-0.3, -0.25) is 0 Å². The van der Waals surface area contributed by atoms with Crippen molar-refractivity contribution in [1.29, 1.82) is 0 Å². The molecule has 20 heavy (non-hydrogen) atoms. The van der Waals surface area contributed by atoms with Gasteiger partial charge in [-0.1, -0.05) is 6.07 Å². The maximum atomic E-state index is 12.8. The van der Waals surface area contributed by atoms with Crippen LogP contribution in [0.4, 0.5) is 0 Å². The zero-order valence-corrected chi connectivity index (χ0v) is 14.4. The standard InChI is InChI=1S/C13H21BrN2O3S/c1-10(2)16(6-7-19-3)20(17,18)13-8-11(9-15)4-5-12(13)14/h4-5,8,10H,6-7,9,15H2,1-3H3. The van der Waals surface area contributed by atoms with Gasteiger partial charge in [0, 0.05) is 30.7 Å². The molecule has 0 radical (unpaired) electrons. The molecule has 0 aliphatic heterocycles. The highest BCUT2D eigenvalue weighted by atomic mass is 79.9. The van der Waals surface area contributed by atoms with Crippen molar-refractivity contribution in [2.24, 2.45) is 5.73 Å². The van der Waals surface area contributed by atoms with E-state index in [4.69, 9.17) is 10.5 Å². The van der Waals surface area contributed by atoms with Crippen LogP contribution in [-0.4, -0.2) is 39.0 Å². The van der Waals surface area contributed by atoms with Gasteiger partial charge in [-0.25, -0.2) is 8.42 Å². The molecule has 0 saturated carbocycles. The molecular formula is C13H21BrN2O3S. The SMILES string of the molecule is COCCN(C(C)C)S(=O)(=O)c1cc(CN)ccc1Br. The molecule has 2 N–H and O–H groups in total. The summed E-state index contributed by atoms with van der Waals surface area (Å²) in [6.07, 6.45) is 0. The van der Waals surface area contributed by atoms with Gasteiger partial charge in [-0.15, -0.1) is 0 Å². The molecule has 1 rings (SSSR count). The highest BCUT2D eigenvalue weighted by Crippen LogP contribution is 2.27. The highest BCUT2D eigenvalue weighted by molar-refractivity contribution is 9.10. The Kier molecular flexibility index (Phi) is 6.60. The third-order valence-electron chi connectivity index (χ3n) is 2.91. The minimum Gasteiger partial charge on any atom is -0.383 e. The number of benzene rings is 1. The average Bonchev–Trinajstić information content (AvgIpc) is 2.38. The molecule has 0 amide bonds. The number of ether oxygens (including phenoxy) is 1. The molecule has 0 aromatic heterocycles. The van der Waals surface area contributed by atoms with Crippen molar-refractivity contribution in [3.8, 4) is 0 Å². The molecule has 1 aromatic carbocycles. The summed E-state index contributed by atoms with van der Waals surface area (Å²) in [6.45, 7) is 4.65. The van der Waals surface area contributed by atoms with E-state index in [0.717, 1.165) is 5.56 Å². The molecule has 0 aliphatic carbocycles. The Bertz CT molecular complexity index is 547. The third kappa shape index (κ3) is 4.02. The van der Waals surface area contributed by atoms with Gasteiger partial charge in [-0.2, -0.15) is 4.31 Å². The topological polar surface area (TPSA) is 72.6 Å². The van der Waals surface area contributed by atoms with Crippen LogP contribution in [-0.2, 0) is 21.3 Å². The van der Waals surface area contributed by atoms with Crippen LogP contribution in [0.25, 0.3) is 0 Å². The first-order chi connectivity index (χ1) is 9.34. The molecule has 5 nitrogen and oxygen atoms in total. The molecule has 0 bridgehead atoms. The molecule has 1 aromatic rings. The van der Waals surface area contributed by atoms with Crippen molar-refractivity contribution in [3.05, 3.63) is 28.2 Å². The molecule has 0 saturated heterocycles. The summed E-state index contributed by atoms with van der Waals surface area (Å²) in [5.74, 6) is 0. The molecule has 0 fully saturated rings. The fourth-order valence-corrected chi connectivity index (χ4v) is 4.43. The van der Waals surface area contributed by atoms with Crippen LogP contribution in [0, 0.1) is 0 Å². The van der Waals surface area contributed by atoms with E-state index >= 15 is 0 Å². The van der Waals surface area contributed by atoms with E-state index in [2.05, 4.69) is 15.9 Å². The fourth-order valence-electron chi connectivity index (χ4n) is 1.84. The van der Waals surface area contributed by atoms with Crippen molar-refractivity contribution in [2.45, 2.75) is 31.3 Å². The Hall–Kier alpha value is -0.470. The van der Waals surface area contributed by atoms with Crippen LogP contribution in [0.3, 0.4) is 0 Å². The van der Waals surface area contributed by atoms with E-state index in [0.29, 0.717) is 24.2 Å². The van der Waals surface area contributed by atoms with Gasteiger partial charge in [-0.05, 0) is 47.5 Å². The lowest BCUT2D eigenvalue weighted by atomic mass is 10.2. The third-order valence-corrected chi connectivity index (χ3v) is 5.98. The lowest BCUT2D eigenvalue weighted by Gasteiger charge is -2.26. The summed E-state index contributed by atoms with van der Waals surface area (Å²) >= 11 is 3.30. The van der Waals surface area contributed by atoms with E-state index in [1.54, 1.807) is 25.3 Å². The lowest BCUT2D eigenvalue weighted by Crippen LogP contribution is -2.39. The quantitative estimate of drug-likeness (QED) is 0.802. The molecule has 0 heterocycles. The van der Waals surface area contributed by atoms with Crippen LogP contribution < -0.4 is 5.73 Å². The zero-order valence-electron chi connectivity index (χ0n) is 12.0. The minimum absolute atomic E-state index is 0.149. The smallest absolute Gasteiger partial charge is 0.244 e. The van der Waals surface area contributed by atoms with Crippen molar-refractivity contribution < 1.29 is 13.2 Å². The second kappa shape index (κ2) is 7.51. The van der Waals surface area contributed by atoms with Crippen molar-refractivity contribution in [2.75, 3.05) is 20.3 Å². The predicted molar refractivity (Wildman–Crippen MR) is 82.9 cm³/mol. The second-order valence-electron chi connectivity index (χ2n) is 4.67. The lowest BCUT2D eigenvalue weighted by molar-refractivity contribution is 0.171. The summed E-state index contributed by atoms with van der Waals surface area (Å²) in [5.41, 5.74) is 6.36. The molecule has 0 atom stereocenters. The van der Waals surface area contributed by atoms with Gasteiger partial charge in [0.25, 0.3) is 0 Å². The number of nitrogens with zero attached hydrogens (tertiary/aromatic N) is 1. The number of nitrogens with two attached hydrogens (primary N) is 1. The van der Waals surface area contributed by atoms with E-state index in [1.807, 2.05) is 13.8 Å². The first kappa shape index (κ1) is 17.6. The first-order valence-corrected chi connectivity index (χ1v) is 8.57. The molecule has 114 valence electrons. The van der Waals surface area contributed by atoms with Gasteiger partial charge in [0.15, 0.2) is 0 Å². The van der Waals surface area contributed by atoms with Crippen molar-refractivity contribution >= 4 is 26.0 Å². The Morgan fingerprint density at radius 3 is 2.55 bits per heavy atom. The number of methoxy groups -OCH3 is 1. The van der Waals surface area contributed by atoms with Gasteiger partial charge in [0.2, 0.25) is 10.0 Å². The van der Waals surface area contributed by atoms with E-state index in [1.165, 1.54) is 4.31 Å². The number of hydrogen-bond donors (Lipinski definition) is 1. The maximum Gasteiger partial charge on any atom is 0.244 e. The molecule has 7 heteroatoms. The number of halogens is 1. The van der Waals surface area contributed by atoms with Crippen LogP contribution in [0.2, 0.25) is 0 Å². The minimum atomic E-state index is -3.58. The summed E-state index contributed by atoms with van der Waals surface area (Å²) in [7, 11) is -2.03. The van der Waals surface area contributed by atoms with Crippen molar-refractivity contribution in [3.63, 3.8) is 0 Å². The van der Waals surface area contributed by atoms with Gasteiger partial charge in [0.05, 0.1) is 11.5 Å². The van der Waals surface area contributed by atoms with E-state index < -0.39 is 10.0 Å². The van der Waals surface area contributed by atoms with Gasteiger partial charge >= 0.3 is 0 Å². The average molecular weight is 365 g/mol. The largest absolute Gasteiger partial charge is 0.383 e. The summed E-state index contributed by atoms with van der Waals surface area (Å²) in [4.78, 5) is 0.241. The Labute approximate surface area is 129 Å². The second-order valence-corrected chi connectivity index (χ2v) is 7.38. The van der Waals surface area contributed by atoms with Crippen LogP contribution in [0.1, 0.15) is 19.4 Å². The Morgan fingerprint density at radius 1 is 1.40 bits per heavy atom. The Balaban J connectivity index is 3.25. The monoisotopic (exact) mass is 364 g/mol. The number of hydrogen-bond acceptors (Lipinski definition) is 4. The van der Waals surface area contributed by atoms with Crippen LogP contribution in [0.15, 0.2) is 27.6 Å². The molecule has 0 spiro atoms. The Morgan fingerprint density at radius 2 is 2.05 bits per heavy atom. The highest BCUT2D eigenvalue weighted by Gasteiger charge is 2.28. The van der Waals surface area contributed by atoms with Crippen LogP contribution in [0.5, 0.6) is 0 Å². The molecular weight excluding hydrogens is 344 g/mol. The molecule has 0 unspecified atom stereocenters. The fraction of sp³-hybridized carbons (Fsp3) is 0.538.